The number of amides is 1. The van der Waals surface area contributed by atoms with Crippen molar-refractivity contribution in [1.82, 2.24) is 9.80 Å². The molecule has 0 unspecified atom stereocenters. The highest BCUT2D eigenvalue weighted by molar-refractivity contribution is 5.78. The summed E-state index contributed by atoms with van der Waals surface area (Å²) in [7, 11) is 5.21. The second-order valence-corrected chi connectivity index (χ2v) is 7.69. The number of phenolic OH excluding ortho intramolecular Hbond substituents is 1. The van der Waals surface area contributed by atoms with Crippen molar-refractivity contribution in [2.45, 2.75) is 13.5 Å². The van der Waals surface area contributed by atoms with Crippen molar-refractivity contribution in [2.75, 3.05) is 58.9 Å². The van der Waals surface area contributed by atoms with Crippen LogP contribution in [0.1, 0.15) is 11.1 Å². The predicted molar refractivity (Wildman–Crippen MR) is 118 cm³/mol. The van der Waals surface area contributed by atoms with E-state index in [1.165, 1.54) is 0 Å². The Hall–Kier alpha value is -2.93. The van der Waals surface area contributed by atoms with Gasteiger partial charge in [-0.25, -0.2) is 0 Å². The van der Waals surface area contributed by atoms with Gasteiger partial charge in [-0.3, -0.25) is 9.69 Å². The zero-order chi connectivity index (χ0) is 21.7. The molecule has 1 amide bonds. The molecule has 0 aromatic heterocycles. The molecule has 1 aliphatic heterocycles. The predicted octanol–water partition coefficient (Wildman–Crippen LogP) is 2.50. The molecule has 2 aromatic carbocycles. The topological polar surface area (TPSA) is 65.5 Å². The average molecular weight is 414 g/mol. The third-order valence-electron chi connectivity index (χ3n) is 5.53. The molecule has 0 atom stereocenters. The standard InChI is InChI=1S/C23H31N3O4/c1-17-13-21(29-3)22(30-4)14-18(17)15-24(2)16-23(28)26-11-9-25(10-12-26)19-5-7-20(27)8-6-19/h5-8,13-14,27H,9-12,15-16H2,1-4H3. The van der Waals surface area contributed by atoms with Crippen LogP contribution in [-0.4, -0.2) is 74.8 Å². The lowest BCUT2D eigenvalue weighted by atomic mass is 10.1. The van der Waals surface area contributed by atoms with Crippen molar-refractivity contribution < 1.29 is 19.4 Å². The number of carbonyl (C=O) groups is 1. The summed E-state index contributed by atoms with van der Waals surface area (Å²) >= 11 is 0. The first-order valence-corrected chi connectivity index (χ1v) is 10.1. The largest absolute Gasteiger partial charge is 0.508 e. The maximum atomic E-state index is 12.8. The number of methoxy groups -OCH3 is 2. The van der Waals surface area contributed by atoms with Gasteiger partial charge >= 0.3 is 0 Å². The molecule has 3 rings (SSSR count). The first-order valence-electron chi connectivity index (χ1n) is 10.1. The van der Waals surface area contributed by atoms with E-state index in [2.05, 4.69) is 4.90 Å². The average Bonchev–Trinajstić information content (AvgIpc) is 2.75. The molecule has 1 fully saturated rings. The van der Waals surface area contributed by atoms with Crippen LogP contribution in [0.15, 0.2) is 36.4 Å². The minimum absolute atomic E-state index is 0.140. The summed E-state index contributed by atoms with van der Waals surface area (Å²) < 4.78 is 10.8. The van der Waals surface area contributed by atoms with Gasteiger partial charge in [-0.05, 0) is 61.5 Å². The summed E-state index contributed by atoms with van der Waals surface area (Å²) in [4.78, 5) is 19.0. The van der Waals surface area contributed by atoms with Crippen molar-refractivity contribution in [2.24, 2.45) is 0 Å². The molecular weight excluding hydrogens is 382 g/mol. The van der Waals surface area contributed by atoms with Crippen LogP contribution in [0.2, 0.25) is 0 Å². The fourth-order valence-electron chi connectivity index (χ4n) is 3.75. The molecule has 0 aliphatic carbocycles. The lowest BCUT2D eigenvalue weighted by molar-refractivity contribution is -0.132. The number of ether oxygens (including phenoxy) is 2. The van der Waals surface area contributed by atoms with Crippen molar-refractivity contribution in [3.63, 3.8) is 0 Å². The first kappa shape index (κ1) is 21.8. The molecule has 1 heterocycles. The molecule has 162 valence electrons. The van der Waals surface area contributed by atoms with Gasteiger partial charge in [0.15, 0.2) is 11.5 Å². The van der Waals surface area contributed by atoms with Crippen molar-refractivity contribution in [1.29, 1.82) is 0 Å². The fourth-order valence-corrected chi connectivity index (χ4v) is 3.75. The Morgan fingerprint density at radius 2 is 1.63 bits per heavy atom. The van der Waals surface area contributed by atoms with Gasteiger partial charge in [0.2, 0.25) is 5.91 Å². The second-order valence-electron chi connectivity index (χ2n) is 7.69. The fraction of sp³-hybridized carbons (Fsp3) is 0.435. The highest BCUT2D eigenvalue weighted by atomic mass is 16.5. The molecule has 7 heteroatoms. The number of aromatic hydroxyl groups is 1. The number of hydrogen-bond acceptors (Lipinski definition) is 6. The number of carbonyl (C=O) groups excluding carboxylic acids is 1. The van der Waals surface area contributed by atoms with Crippen LogP contribution in [0.5, 0.6) is 17.2 Å². The van der Waals surface area contributed by atoms with Gasteiger partial charge in [0.1, 0.15) is 5.75 Å². The molecular formula is C23H31N3O4. The summed E-state index contributed by atoms with van der Waals surface area (Å²) in [5.74, 6) is 1.81. The second kappa shape index (κ2) is 9.71. The van der Waals surface area contributed by atoms with Gasteiger partial charge in [0.05, 0.1) is 20.8 Å². The number of hydrogen-bond donors (Lipinski definition) is 1. The highest BCUT2D eigenvalue weighted by Gasteiger charge is 2.22. The molecule has 30 heavy (non-hydrogen) atoms. The third kappa shape index (κ3) is 5.16. The minimum atomic E-state index is 0.140. The Morgan fingerprint density at radius 3 is 2.23 bits per heavy atom. The molecule has 0 radical (unpaired) electrons. The Morgan fingerprint density at radius 1 is 1.03 bits per heavy atom. The van der Waals surface area contributed by atoms with Crippen LogP contribution in [0, 0.1) is 6.92 Å². The van der Waals surface area contributed by atoms with E-state index in [1.807, 2.05) is 48.0 Å². The molecule has 7 nitrogen and oxygen atoms in total. The normalized spacial score (nSPS) is 14.2. The van der Waals surface area contributed by atoms with Gasteiger partial charge in [-0.2, -0.15) is 0 Å². The number of nitrogens with zero attached hydrogens (tertiary/aromatic N) is 3. The van der Waals surface area contributed by atoms with E-state index >= 15 is 0 Å². The van der Waals surface area contributed by atoms with E-state index < -0.39 is 0 Å². The summed E-state index contributed by atoms with van der Waals surface area (Å²) in [6, 6.07) is 11.1. The summed E-state index contributed by atoms with van der Waals surface area (Å²) in [6.45, 7) is 6.03. The van der Waals surface area contributed by atoms with Gasteiger partial charge in [-0.15, -0.1) is 0 Å². The summed E-state index contributed by atoms with van der Waals surface area (Å²) in [5, 5.41) is 9.44. The van der Waals surface area contributed by atoms with Crippen LogP contribution in [0.25, 0.3) is 0 Å². The van der Waals surface area contributed by atoms with Crippen molar-refractivity contribution in [3.8, 4) is 17.2 Å². The molecule has 1 saturated heterocycles. The molecule has 1 N–H and O–H groups in total. The lowest BCUT2D eigenvalue weighted by Gasteiger charge is -2.36. The van der Waals surface area contributed by atoms with E-state index in [4.69, 9.17) is 9.47 Å². The number of anilines is 1. The van der Waals surface area contributed by atoms with Crippen LogP contribution in [-0.2, 0) is 11.3 Å². The quantitative estimate of drug-likeness (QED) is 0.753. The number of aryl methyl sites for hydroxylation is 1. The van der Waals surface area contributed by atoms with Crippen molar-refractivity contribution >= 4 is 11.6 Å². The van der Waals surface area contributed by atoms with E-state index in [1.54, 1.807) is 26.4 Å². The Kier molecular flexibility index (Phi) is 7.05. The first-order chi connectivity index (χ1) is 14.4. The van der Waals surface area contributed by atoms with Gasteiger partial charge in [0.25, 0.3) is 0 Å². The van der Waals surface area contributed by atoms with Crippen LogP contribution < -0.4 is 14.4 Å². The van der Waals surface area contributed by atoms with Gasteiger partial charge < -0.3 is 24.4 Å². The monoisotopic (exact) mass is 413 g/mol. The number of rotatable bonds is 7. The van der Waals surface area contributed by atoms with E-state index in [-0.39, 0.29) is 11.7 Å². The van der Waals surface area contributed by atoms with Crippen LogP contribution in [0.4, 0.5) is 5.69 Å². The molecule has 0 saturated carbocycles. The third-order valence-corrected chi connectivity index (χ3v) is 5.53. The molecule has 1 aliphatic rings. The van der Waals surface area contributed by atoms with Crippen LogP contribution >= 0.6 is 0 Å². The van der Waals surface area contributed by atoms with Crippen molar-refractivity contribution in [3.05, 3.63) is 47.5 Å². The van der Waals surface area contributed by atoms with Gasteiger partial charge in [-0.1, -0.05) is 0 Å². The zero-order valence-corrected chi connectivity index (χ0v) is 18.2. The molecule has 0 bridgehead atoms. The lowest BCUT2D eigenvalue weighted by Crippen LogP contribution is -2.51. The number of benzene rings is 2. The Labute approximate surface area is 178 Å². The maximum Gasteiger partial charge on any atom is 0.236 e. The SMILES string of the molecule is COc1cc(C)c(CN(C)CC(=O)N2CCN(c3ccc(O)cc3)CC2)cc1OC. The van der Waals surface area contributed by atoms with E-state index in [0.717, 1.165) is 29.9 Å². The Balaban J connectivity index is 1.53. The number of piperazine rings is 1. The Bertz CT molecular complexity index is 861. The summed E-state index contributed by atoms with van der Waals surface area (Å²) in [6.07, 6.45) is 0. The number of likely N-dealkylation sites (N-methyl/N-ethyl adjacent to an activating group) is 1. The highest BCUT2D eigenvalue weighted by Crippen LogP contribution is 2.30. The molecule has 0 spiro atoms. The zero-order valence-electron chi connectivity index (χ0n) is 18.2. The smallest absolute Gasteiger partial charge is 0.236 e. The molecule has 2 aromatic rings. The van der Waals surface area contributed by atoms with Crippen LogP contribution in [0.3, 0.4) is 0 Å². The minimum Gasteiger partial charge on any atom is -0.508 e. The van der Waals surface area contributed by atoms with E-state index in [0.29, 0.717) is 37.7 Å². The van der Waals surface area contributed by atoms with E-state index in [9.17, 15) is 9.90 Å². The van der Waals surface area contributed by atoms with Gasteiger partial charge in [0, 0.05) is 38.4 Å². The number of phenols is 1. The maximum absolute atomic E-state index is 12.8. The summed E-state index contributed by atoms with van der Waals surface area (Å²) in [5.41, 5.74) is 3.29.